The van der Waals surface area contributed by atoms with E-state index in [0.29, 0.717) is 38.8 Å². The lowest BCUT2D eigenvalue weighted by Gasteiger charge is -2.25. The third-order valence-electron chi connectivity index (χ3n) is 3.26. The molecule has 0 aromatic carbocycles. The van der Waals surface area contributed by atoms with Crippen LogP contribution in [0, 0.1) is 0 Å². The molecule has 0 bridgehead atoms. The van der Waals surface area contributed by atoms with Crippen molar-refractivity contribution in [3.8, 4) is 0 Å². The van der Waals surface area contributed by atoms with Crippen LogP contribution in [-0.2, 0) is 14.3 Å². The molecule has 0 aliphatic carbocycles. The van der Waals surface area contributed by atoms with Gasteiger partial charge in [0.1, 0.15) is 0 Å². The molecule has 0 saturated carbocycles. The molecule has 0 radical (unpaired) electrons. The minimum Gasteiger partial charge on any atom is -0.376 e. The van der Waals surface area contributed by atoms with Crippen LogP contribution in [0.3, 0.4) is 0 Å². The van der Waals surface area contributed by atoms with Gasteiger partial charge in [0.15, 0.2) is 0 Å². The van der Waals surface area contributed by atoms with E-state index in [1.807, 2.05) is 0 Å². The van der Waals surface area contributed by atoms with Gasteiger partial charge in [0.2, 0.25) is 5.91 Å². The molecule has 0 aromatic heterocycles. The van der Waals surface area contributed by atoms with Crippen LogP contribution in [0.4, 0.5) is 0 Å². The molecule has 5 heteroatoms. The van der Waals surface area contributed by atoms with Crippen LogP contribution in [0.15, 0.2) is 0 Å². The maximum atomic E-state index is 11.7. The van der Waals surface area contributed by atoms with Gasteiger partial charge >= 0.3 is 0 Å². The Morgan fingerprint density at radius 2 is 2.29 bits per heavy atom. The molecule has 0 aromatic rings. The lowest BCUT2D eigenvalue weighted by atomic mass is 10.0. The predicted octanol–water partition coefficient (Wildman–Crippen LogP) is 0.0502. The summed E-state index contributed by atoms with van der Waals surface area (Å²) in [5.41, 5.74) is 0. The molecule has 98 valence electrons. The first-order valence-electron chi connectivity index (χ1n) is 6.54. The summed E-state index contributed by atoms with van der Waals surface area (Å²) in [4.78, 5) is 11.7. The number of amides is 1. The van der Waals surface area contributed by atoms with E-state index >= 15 is 0 Å². The van der Waals surface area contributed by atoms with E-state index in [1.54, 1.807) is 0 Å². The molecule has 2 aliphatic rings. The lowest BCUT2D eigenvalue weighted by Crippen LogP contribution is -2.43. The average Bonchev–Trinajstić information content (AvgIpc) is 2.39. The number of ether oxygens (including phenoxy) is 2. The van der Waals surface area contributed by atoms with Crippen LogP contribution in [0.5, 0.6) is 0 Å². The predicted molar refractivity (Wildman–Crippen MR) is 63.8 cm³/mol. The van der Waals surface area contributed by atoms with Crippen LogP contribution < -0.4 is 10.6 Å². The van der Waals surface area contributed by atoms with Crippen molar-refractivity contribution in [2.75, 3.05) is 32.9 Å². The van der Waals surface area contributed by atoms with Crippen molar-refractivity contribution in [3.05, 3.63) is 0 Å². The summed E-state index contributed by atoms with van der Waals surface area (Å²) in [6, 6.07) is 0.354. The van der Waals surface area contributed by atoms with Gasteiger partial charge in [0.25, 0.3) is 0 Å². The zero-order chi connectivity index (χ0) is 11.9. The normalized spacial score (nSPS) is 29.9. The maximum Gasteiger partial charge on any atom is 0.221 e. The highest BCUT2D eigenvalue weighted by Gasteiger charge is 2.18. The number of nitrogens with one attached hydrogen (secondary N) is 2. The molecule has 2 unspecified atom stereocenters. The number of carbonyl (C=O) groups is 1. The Kier molecular flexibility index (Phi) is 5.22. The molecule has 2 atom stereocenters. The van der Waals surface area contributed by atoms with Gasteiger partial charge in [-0.15, -0.1) is 0 Å². The van der Waals surface area contributed by atoms with Crippen LogP contribution in [0.2, 0.25) is 0 Å². The number of hydrogen-bond donors (Lipinski definition) is 2. The zero-order valence-electron chi connectivity index (χ0n) is 10.2. The van der Waals surface area contributed by atoms with E-state index in [0.717, 1.165) is 13.0 Å². The Morgan fingerprint density at radius 1 is 1.35 bits per heavy atom. The summed E-state index contributed by atoms with van der Waals surface area (Å²) in [6.45, 7) is 3.48. The van der Waals surface area contributed by atoms with Gasteiger partial charge < -0.3 is 20.1 Å². The molecule has 2 heterocycles. The molecular weight excluding hydrogens is 220 g/mol. The topological polar surface area (TPSA) is 59.6 Å². The Balaban J connectivity index is 1.59. The van der Waals surface area contributed by atoms with Crippen LogP contribution in [0.25, 0.3) is 0 Å². The van der Waals surface area contributed by atoms with Gasteiger partial charge in [-0.25, -0.2) is 0 Å². The molecule has 2 rings (SSSR count). The number of piperidine rings is 1. The second-order valence-corrected chi connectivity index (χ2v) is 4.72. The van der Waals surface area contributed by atoms with Gasteiger partial charge in [0, 0.05) is 19.0 Å². The Hall–Kier alpha value is -0.650. The Labute approximate surface area is 102 Å². The standard InChI is InChI=1S/C12H22N2O3/c15-12(7-10-3-1-2-4-13-10)14-8-11-9-16-5-6-17-11/h10-11,13H,1-9H2,(H,14,15). The fourth-order valence-electron chi connectivity index (χ4n) is 2.28. The third kappa shape index (κ3) is 4.61. The van der Waals surface area contributed by atoms with Gasteiger partial charge in [0.05, 0.1) is 25.9 Å². The maximum absolute atomic E-state index is 11.7. The molecular formula is C12H22N2O3. The summed E-state index contributed by atoms with van der Waals surface area (Å²) < 4.78 is 10.7. The minimum atomic E-state index is 0.0204. The van der Waals surface area contributed by atoms with Crippen molar-refractivity contribution in [2.24, 2.45) is 0 Å². The van der Waals surface area contributed by atoms with E-state index in [1.165, 1.54) is 12.8 Å². The number of hydrogen-bond acceptors (Lipinski definition) is 4. The summed E-state index contributed by atoms with van der Waals surface area (Å²) >= 11 is 0. The molecule has 0 spiro atoms. The molecule has 5 nitrogen and oxygen atoms in total. The molecule has 2 saturated heterocycles. The second-order valence-electron chi connectivity index (χ2n) is 4.72. The highest BCUT2D eigenvalue weighted by molar-refractivity contribution is 5.76. The Morgan fingerprint density at radius 3 is 3.00 bits per heavy atom. The van der Waals surface area contributed by atoms with E-state index in [4.69, 9.17) is 9.47 Å². The molecule has 2 fully saturated rings. The Bertz CT molecular complexity index is 236. The highest BCUT2D eigenvalue weighted by Crippen LogP contribution is 2.09. The van der Waals surface area contributed by atoms with E-state index in [2.05, 4.69) is 10.6 Å². The quantitative estimate of drug-likeness (QED) is 0.731. The smallest absolute Gasteiger partial charge is 0.221 e. The number of carbonyl (C=O) groups excluding carboxylic acids is 1. The van der Waals surface area contributed by atoms with Crippen molar-refractivity contribution in [3.63, 3.8) is 0 Å². The van der Waals surface area contributed by atoms with E-state index in [-0.39, 0.29) is 12.0 Å². The van der Waals surface area contributed by atoms with Crippen molar-refractivity contribution in [2.45, 2.75) is 37.8 Å². The van der Waals surface area contributed by atoms with Gasteiger partial charge in [-0.1, -0.05) is 6.42 Å². The van der Waals surface area contributed by atoms with Crippen molar-refractivity contribution in [1.29, 1.82) is 0 Å². The van der Waals surface area contributed by atoms with Crippen LogP contribution in [-0.4, -0.2) is 51.0 Å². The average molecular weight is 242 g/mol. The van der Waals surface area contributed by atoms with Crippen LogP contribution >= 0.6 is 0 Å². The largest absolute Gasteiger partial charge is 0.376 e. The monoisotopic (exact) mass is 242 g/mol. The summed E-state index contributed by atoms with van der Waals surface area (Å²) in [5.74, 6) is 0.110. The van der Waals surface area contributed by atoms with Crippen molar-refractivity contribution < 1.29 is 14.3 Å². The second kappa shape index (κ2) is 6.93. The first kappa shape index (κ1) is 12.8. The molecule has 17 heavy (non-hydrogen) atoms. The van der Waals surface area contributed by atoms with E-state index in [9.17, 15) is 4.79 Å². The van der Waals surface area contributed by atoms with Gasteiger partial charge in [-0.05, 0) is 19.4 Å². The summed E-state index contributed by atoms with van der Waals surface area (Å²) in [5, 5.41) is 6.29. The molecule has 1 amide bonds. The lowest BCUT2D eigenvalue weighted by molar-refractivity contribution is -0.124. The summed E-state index contributed by atoms with van der Waals surface area (Å²) in [6.07, 6.45) is 4.16. The fourth-order valence-corrected chi connectivity index (χ4v) is 2.28. The van der Waals surface area contributed by atoms with Crippen LogP contribution in [0.1, 0.15) is 25.7 Å². The molecule has 2 N–H and O–H groups in total. The first-order valence-corrected chi connectivity index (χ1v) is 6.54. The van der Waals surface area contributed by atoms with Gasteiger partial charge in [-0.3, -0.25) is 4.79 Å². The SMILES string of the molecule is O=C(CC1CCCCN1)NCC1COCCO1. The third-order valence-corrected chi connectivity index (χ3v) is 3.26. The van der Waals surface area contributed by atoms with Gasteiger partial charge in [-0.2, -0.15) is 0 Å². The highest BCUT2D eigenvalue weighted by atomic mass is 16.6. The van der Waals surface area contributed by atoms with Crippen molar-refractivity contribution in [1.82, 2.24) is 10.6 Å². The summed E-state index contributed by atoms with van der Waals surface area (Å²) in [7, 11) is 0. The zero-order valence-corrected chi connectivity index (χ0v) is 10.2. The fraction of sp³-hybridized carbons (Fsp3) is 0.917. The van der Waals surface area contributed by atoms with E-state index < -0.39 is 0 Å². The van der Waals surface area contributed by atoms with Crippen molar-refractivity contribution >= 4 is 5.91 Å². The first-order chi connectivity index (χ1) is 8.34. The molecule has 2 aliphatic heterocycles. The minimum absolute atomic E-state index is 0.0204. The number of rotatable bonds is 4.